The van der Waals surface area contributed by atoms with E-state index in [9.17, 15) is 9.59 Å². The molecule has 0 radical (unpaired) electrons. The lowest BCUT2D eigenvalue weighted by Gasteiger charge is -2.19. The van der Waals surface area contributed by atoms with Crippen LogP contribution in [-0.4, -0.2) is 57.8 Å². The monoisotopic (exact) mass is 266 g/mol. The molecule has 1 saturated heterocycles. The van der Waals surface area contributed by atoms with Gasteiger partial charge in [0.25, 0.3) is 0 Å². The van der Waals surface area contributed by atoms with E-state index in [-0.39, 0.29) is 12.6 Å². The second-order valence-corrected chi connectivity index (χ2v) is 4.12. The van der Waals surface area contributed by atoms with Gasteiger partial charge in [-0.2, -0.15) is 0 Å². The number of aromatic nitrogens is 2. The van der Waals surface area contributed by atoms with Gasteiger partial charge in [0, 0.05) is 25.9 Å². The Morgan fingerprint density at radius 1 is 1.53 bits per heavy atom. The molecule has 2 atom stereocenters. The number of carbonyl (C=O) groups is 2. The van der Waals surface area contributed by atoms with Crippen LogP contribution in [0.25, 0.3) is 0 Å². The van der Waals surface area contributed by atoms with Crippen LogP contribution < -0.4 is 5.32 Å². The third-order valence-corrected chi connectivity index (χ3v) is 2.96. The largest absolute Gasteiger partial charge is 0.465 e. The zero-order valence-corrected chi connectivity index (χ0v) is 10.3. The number of nitrogens with one attached hydrogen (secondary N) is 1. The first-order valence-electron chi connectivity index (χ1n) is 5.71. The first kappa shape index (κ1) is 13.2. The van der Waals surface area contributed by atoms with Crippen molar-refractivity contribution in [3.8, 4) is 0 Å². The van der Waals surface area contributed by atoms with Gasteiger partial charge >= 0.3 is 6.09 Å². The molecule has 2 rings (SSSR count). The first-order valence-corrected chi connectivity index (χ1v) is 5.71. The number of methoxy groups -OCH3 is 1. The van der Waals surface area contributed by atoms with Crippen LogP contribution in [0.5, 0.6) is 0 Å². The van der Waals surface area contributed by atoms with Crippen LogP contribution in [0, 0.1) is 0 Å². The van der Waals surface area contributed by atoms with Crippen molar-refractivity contribution in [1.29, 1.82) is 0 Å². The van der Waals surface area contributed by atoms with Gasteiger partial charge in [0.15, 0.2) is 5.82 Å². The normalized spacial score (nSPS) is 22.3. The molecule has 0 saturated carbocycles. The summed E-state index contributed by atoms with van der Waals surface area (Å²) in [6.45, 7) is 0.185. The summed E-state index contributed by atoms with van der Waals surface area (Å²) in [7, 11) is 1.49. The number of hydrogen-bond donors (Lipinski definition) is 2. The highest BCUT2D eigenvalue weighted by atomic mass is 16.5. The molecule has 2 unspecified atom stereocenters. The summed E-state index contributed by atoms with van der Waals surface area (Å²) < 4.78 is 5.11. The molecule has 2 heterocycles. The Morgan fingerprint density at radius 3 is 2.89 bits per heavy atom. The Morgan fingerprint density at radius 2 is 2.32 bits per heavy atom. The molecule has 1 aromatic heterocycles. The van der Waals surface area contributed by atoms with Gasteiger partial charge in [0.2, 0.25) is 5.91 Å². The summed E-state index contributed by atoms with van der Waals surface area (Å²) in [5.74, 6) is -0.138. The predicted molar refractivity (Wildman–Crippen MR) is 64.6 cm³/mol. The minimum absolute atomic E-state index is 0.185. The minimum atomic E-state index is -1.14. The third-order valence-electron chi connectivity index (χ3n) is 2.96. The molecule has 0 spiro atoms. The quantitative estimate of drug-likeness (QED) is 0.808. The number of hydrogen-bond acceptors (Lipinski definition) is 5. The summed E-state index contributed by atoms with van der Waals surface area (Å²) >= 11 is 0. The number of carbonyl (C=O) groups excluding carboxylic acids is 1. The highest BCUT2D eigenvalue weighted by molar-refractivity contribution is 5.96. The third kappa shape index (κ3) is 2.97. The highest BCUT2D eigenvalue weighted by Gasteiger charge is 2.39. The summed E-state index contributed by atoms with van der Waals surface area (Å²) in [5, 5.41) is 11.6. The average molecular weight is 266 g/mol. The van der Waals surface area contributed by atoms with Crippen molar-refractivity contribution < 1.29 is 19.4 Å². The minimum Gasteiger partial charge on any atom is -0.465 e. The van der Waals surface area contributed by atoms with Gasteiger partial charge in [0.05, 0.1) is 18.8 Å². The molecule has 8 heteroatoms. The lowest BCUT2D eigenvalue weighted by molar-refractivity contribution is -0.120. The van der Waals surface area contributed by atoms with E-state index in [4.69, 9.17) is 9.84 Å². The Balaban J connectivity index is 2.07. The lowest BCUT2D eigenvalue weighted by atomic mass is 10.2. The summed E-state index contributed by atoms with van der Waals surface area (Å²) in [5.41, 5.74) is 0. The van der Waals surface area contributed by atoms with E-state index < -0.39 is 18.0 Å². The number of rotatable bonds is 3. The van der Waals surface area contributed by atoms with Crippen molar-refractivity contribution >= 4 is 17.8 Å². The number of ether oxygens (including phenoxy) is 1. The Labute approximate surface area is 109 Å². The Bertz CT molecular complexity index is 467. The van der Waals surface area contributed by atoms with Gasteiger partial charge in [-0.25, -0.2) is 9.78 Å². The molecule has 2 N–H and O–H groups in total. The van der Waals surface area contributed by atoms with Gasteiger partial charge in [-0.3, -0.25) is 14.7 Å². The molecule has 0 aromatic carbocycles. The SMILES string of the molecule is COC1CC(C(=O)Nc2cnccn2)N(C(=O)O)C1. The Kier molecular flexibility index (Phi) is 3.91. The molecule has 8 nitrogen and oxygen atoms in total. The molecule has 0 aliphatic carbocycles. The van der Waals surface area contributed by atoms with Gasteiger partial charge in [-0.05, 0) is 0 Å². The fourth-order valence-corrected chi connectivity index (χ4v) is 2.00. The summed E-state index contributed by atoms with van der Waals surface area (Å²) in [6, 6.07) is -0.774. The Hall–Kier alpha value is -2.22. The smallest absolute Gasteiger partial charge is 0.408 e. The maximum atomic E-state index is 12.1. The number of amides is 2. The topological polar surface area (TPSA) is 105 Å². The van der Waals surface area contributed by atoms with Gasteiger partial charge in [0.1, 0.15) is 6.04 Å². The van der Waals surface area contributed by atoms with E-state index in [0.29, 0.717) is 12.2 Å². The van der Waals surface area contributed by atoms with E-state index in [1.54, 1.807) is 0 Å². The molecular weight excluding hydrogens is 252 g/mol. The second kappa shape index (κ2) is 5.61. The summed E-state index contributed by atoms with van der Waals surface area (Å²) in [6.07, 6.45) is 3.24. The molecular formula is C11H14N4O4. The molecule has 102 valence electrons. The van der Waals surface area contributed by atoms with Crippen molar-refractivity contribution in [2.75, 3.05) is 19.0 Å². The number of nitrogens with zero attached hydrogens (tertiary/aromatic N) is 3. The average Bonchev–Trinajstić information content (AvgIpc) is 2.84. The summed E-state index contributed by atoms with van der Waals surface area (Å²) in [4.78, 5) is 31.9. The lowest BCUT2D eigenvalue weighted by Crippen LogP contribution is -2.42. The molecule has 1 aliphatic heterocycles. The molecule has 2 amide bonds. The fourth-order valence-electron chi connectivity index (χ4n) is 2.00. The molecule has 1 fully saturated rings. The van der Waals surface area contributed by atoms with Crippen LogP contribution in [0.15, 0.2) is 18.6 Å². The number of likely N-dealkylation sites (tertiary alicyclic amines) is 1. The molecule has 1 aliphatic rings. The molecule has 19 heavy (non-hydrogen) atoms. The van der Waals surface area contributed by atoms with Crippen LogP contribution >= 0.6 is 0 Å². The molecule has 0 bridgehead atoms. The van der Waals surface area contributed by atoms with Crippen molar-refractivity contribution in [3.63, 3.8) is 0 Å². The van der Waals surface area contributed by atoms with Crippen LogP contribution in [0.4, 0.5) is 10.6 Å². The van der Waals surface area contributed by atoms with Gasteiger partial charge in [-0.1, -0.05) is 0 Å². The zero-order chi connectivity index (χ0) is 13.8. The van der Waals surface area contributed by atoms with Crippen molar-refractivity contribution in [3.05, 3.63) is 18.6 Å². The zero-order valence-electron chi connectivity index (χ0n) is 10.3. The molecule has 1 aromatic rings. The van der Waals surface area contributed by atoms with Crippen LogP contribution in [-0.2, 0) is 9.53 Å². The van der Waals surface area contributed by atoms with Crippen LogP contribution in [0.1, 0.15) is 6.42 Å². The fraction of sp³-hybridized carbons (Fsp3) is 0.455. The van der Waals surface area contributed by atoms with Gasteiger partial charge < -0.3 is 15.2 Å². The van der Waals surface area contributed by atoms with E-state index in [1.165, 1.54) is 25.7 Å². The van der Waals surface area contributed by atoms with Crippen molar-refractivity contribution in [1.82, 2.24) is 14.9 Å². The second-order valence-electron chi connectivity index (χ2n) is 4.12. The first-order chi connectivity index (χ1) is 9.11. The van der Waals surface area contributed by atoms with E-state index in [1.807, 2.05) is 0 Å². The predicted octanol–water partition coefficient (Wildman–Crippen LogP) is 0.182. The van der Waals surface area contributed by atoms with Crippen LogP contribution in [0.3, 0.4) is 0 Å². The van der Waals surface area contributed by atoms with Crippen LogP contribution in [0.2, 0.25) is 0 Å². The number of anilines is 1. The maximum Gasteiger partial charge on any atom is 0.408 e. The van der Waals surface area contributed by atoms with E-state index >= 15 is 0 Å². The standard InChI is InChI=1S/C11H14N4O4/c1-19-7-4-8(15(6-7)11(17)18)10(16)14-9-5-12-2-3-13-9/h2-3,5,7-8H,4,6H2,1H3,(H,17,18)(H,13,14,16). The number of carboxylic acid groups (broad SMARTS) is 1. The van der Waals surface area contributed by atoms with Crippen molar-refractivity contribution in [2.24, 2.45) is 0 Å². The maximum absolute atomic E-state index is 12.1. The van der Waals surface area contributed by atoms with Gasteiger partial charge in [-0.15, -0.1) is 0 Å². The van der Waals surface area contributed by atoms with Crippen molar-refractivity contribution in [2.45, 2.75) is 18.6 Å². The van der Waals surface area contributed by atoms with E-state index in [0.717, 1.165) is 4.90 Å². The highest BCUT2D eigenvalue weighted by Crippen LogP contribution is 2.21. The van der Waals surface area contributed by atoms with E-state index in [2.05, 4.69) is 15.3 Å².